The van der Waals surface area contributed by atoms with Gasteiger partial charge in [-0.05, 0) is 40.3 Å². The Bertz CT molecular complexity index is 402. The van der Waals surface area contributed by atoms with Crippen molar-refractivity contribution in [3.05, 3.63) is 22.6 Å². The summed E-state index contributed by atoms with van der Waals surface area (Å²) in [4.78, 5) is 4.09. The summed E-state index contributed by atoms with van der Waals surface area (Å²) in [5.74, 6) is 0.940. The van der Waals surface area contributed by atoms with Crippen molar-refractivity contribution in [2.24, 2.45) is 10.7 Å². The second kappa shape index (κ2) is 3.58. The van der Waals surface area contributed by atoms with Crippen LogP contribution < -0.4 is 16.4 Å². The van der Waals surface area contributed by atoms with Crippen molar-refractivity contribution in [2.75, 3.05) is 0 Å². The summed E-state index contributed by atoms with van der Waals surface area (Å²) in [7, 11) is 0. The molecule has 0 aliphatic carbocycles. The fraction of sp³-hybridized carbons (Fsp3) is 0.143. The first kappa shape index (κ1) is 9.47. The fourth-order valence-electron chi connectivity index (χ4n) is 1.09. The topological polar surface area (TPSA) is 75.6 Å². The normalized spacial score (nSPS) is 21.1. The zero-order chi connectivity index (χ0) is 10.1. The van der Waals surface area contributed by atoms with Gasteiger partial charge in [-0.2, -0.15) is 0 Å². The Hall–Kier alpha value is -1.08. The molecule has 7 heteroatoms. The van der Waals surface area contributed by atoms with E-state index in [9.17, 15) is 0 Å². The smallest absolute Gasteiger partial charge is 0.197 e. The average Bonchev–Trinajstić information content (AvgIpc) is 2.50. The zero-order valence-electron chi connectivity index (χ0n) is 6.95. The molecule has 5 nitrogen and oxygen atoms in total. The molecule has 0 amide bonds. The number of rotatable bonds is 1. The van der Waals surface area contributed by atoms with Crippen LogP contribution in [-0.4, -0.2) is 11.1 Å². The van der Waals surface area contributed by atoms with Crippen LogP contribution in [0.4, 0.5) is 0 Å². The molecule has 1 aromatic rings. The molecular formula is C7H7BrN4OS. The third kappa shape index (κ3) is 1.88. The van der Waals surface area contributed by atoms with Gasteiger partial charge in [0.15, 0.2) is 21.9 Å². The monoisotopic (exact) mass is 274 g/mol. The van der Waals surface area contributed by atoms with Gasteiger partial charge in [0.05, 0.1) is 0 Å². The van der Waals surface area contributed by atoms with Crippen molar-refractivity contribution < 1.29 is 4.42 Å². The molecule has 4 N–H and O–H groups in total. The highest BCUT2D eigenvalue weighted by Gasteiger charge is 2.19. The lowest BCUT2D eigenvalue weighted by Gasteiger charge is -2.21. The molecule has 0 radical (unpaired) electrons. The van der Waals surface area contributed by atoms with Crippen LogP contribution >= 0.6 is 28.1 Å². The average molecular weight is 275 g/mol. The first-order valence-corrected chi connectivity index (χ1v) is 5.01. The van der Waals surface area contributed by atoms with E-state index in [4.69, 9.17) is 22.4 Å². The number of nitrogens with two attached hydrogens (primary N) is 1. The molecule has 1 aromatic heterocycles. The first-order valence-electron chi connectivity index (χ1n) is 3.81. The number of hydrogen-bond acceptors (Lipinski definition) is 4. The zero-order valence-corrected chi connectivity index (χ0v) is 9.35. The number of aliphatic imine (C=N–C) groups is 1. The predicted octanol–water partition coefficient (Wildman–Crippen LogP) is 0.833. The number of halogens is 1. The van der Waals surface area contributed by atoms with Crippen molar-refractivity contribution in [1.82, 2.24) is 10.6 Å². The molecule has 1 atom stereocenters. The van der Waals surface area contributed by atoms with E-state index in [1.165, 1.54) is 0 Å². The van der Waals surface area contributed by atoms with E-state index in [2.05, 4.69) is 31.6 Å². The van der Waals surface area contributed by atoms with E-state index in [-0.39, 0.29) is 12.1 Å². The van der Waals surface area contributed by atoms with Crippen molar-refractivity contribution in [3.63, 3.8) is 0 Å². The Balaban J connectivity index is 2.27. The molecule has 0 aromatic carbocycles. The largest absolute Gasteiger partial charge is 0.450 e. The summed E-state index contributed by atoms with van der Waals surface area (Å²) >= 11 is 8.14. The quantitative estimate of drug-likeness (QED) is 0.662. The summed E-state index contributed by atoms with van der Waals surface area (Å²) in [6.07, 6.45) is -0.352. The number of thiocarbonyl (C=S) groups is 1. The second-order valence-corrected chi connectivity index (χ2v) is 3.85. The van der Waals surface area contributed by atoms with Gasteiger partial charge in [0, 0.05) is 0 Å². The van der Waals surface area contributed by atoms with Crippen LogP contribution in [0.2, 0.25) is 0 Å². The van der Waals surface area contributed by atoms with E-state index in [0.29, 0.717) is 15.5 Å². The third-order valence-electron chi connectivity index (χ3n) is 1.64. The summed E-state index contributed by atoms with van der Waals surface area (Å²) in [5, 5.41) is 6.03. The van der Waals surface area contributed by atoms with Crippen molar-refractivity contribution in [1.29, 1.82) is 0 Å². The van der Waals surface area contributed by atoms with E-state index in [1.807, 2.05) is 0 Å². The molecule has 1 unspecified atom stereocenters. The van der Waals surface area contributed by atoms with Crippen molar-refractivity contribution in [3.8, 4) is 0 Å². The molecule has 1 aliphatic heterocycles. The van der Waals surface area contributed by atoms with E-state index in [0.717, 1.165) is 0 Å². The molecule has 14 heavy (non-hydrogen) atoms. The Morgan fingerprint density at radius 1 is 1.57 bits per heavy atom. The van der Waals surface area contributed by atoms with Crippen LogP contribution in [0.1, 0.15) is 11.9 Å². The summed E-state index contributed by atoms with van der Waals surface area (Å²) < 4.78 is 5.97. The maximum atomic E-state index is 5.52. The van der Waals surface area contributed by atoms with Crippen molar-refractivity contribution >= 4 is 39.2 Å². The van der Waals surface area contributed by atoms with Gasteiger partial charge in [0.2, 0.25) is 0 Å². The van der Waals surface area contributed by atoms with Crippen LogP contribution in [0, 0.1) is 0 Å². The van der Waals surface area contributed by atoms with E-state index >= 15 is 0 Å². The number of hydrogen-bond donors (Lipinski definition) is 3. The molecule has 0 saturated heterocycles. The molecule has 74 valence electrons. The van der Waals surface area contributed by atoms with E-state index in [1.54, 1.807) is 12.1 Å². The van der Waals surface area contributed by atoms with Crippen LogP contribution in [-0.2, 0) is 0 Å². The maximum absolute atomic E-state index is 5.52. The molecule has 2 heterocycles. The fourth-order valence-corrected chi connectivity index (χ4v) is 1.63. The molecule has 0 bridgehead atoms. The molecule has 0 saturated carbocycles. The Morgan fingerprint density at radius 3 is 2.93 bits per heavy atom. The Kier molecular flexibility index (Phi) is 2.42. The highest BCUT2D eigenvalue weighted by molar-refractivity contribution is 9.10. The minimum absolute atomic E-state index is 0.284. The number of nitrogens with one attached hydrogen (secondary N) is 2. The minimum atomic E-state index is -0.352. The highest BCUT2D eigenvalue weighted by atomic mass is 79.9. The SMILES string of the molecule is NC1=NC(c2ccc(Br)o2)NC(=S)N1. The third-order valence-corrected chi connectivity index (χ3v) is 2.29. The second-order valence-electron chi connectivity index (χ2n) is 2.66. The lowest BCUT2D eigenvalue weighted by molar-refractivity contribution is 0.435. The standard InChI is InChI=1S/C7H7BrN4OS/c8-4-2-1-3(13-4)5-10-6(9)12-7(14)11-5/h1-2,5H,(H4,9,10,11,12,14). The van der Waals surface area contributed by atoms with Crippen LogP contribution in [0.15, 0.2) is 26.2 Å². The summed E-state index contributed by atoms with van der Waals surface area (Å²) in [6.45, 7) is 0. The number of furan rings is 1. The van der Waals surface area contributed by atoms with Gasteiger partial charge in [-0.25, -0.2) is 4.99 Å². The highest BCUT2D eigenvalue weighted by Crippen LogP contribution is 2.21. The first-order chi connectivity index (χ1) is 6.65. The Morgan fingerprint density at radius 2 is 2.36 bits per heavy atom. The molecule has 0 spiro atoms. The molecular weight excluding hydrogens is 268 g/mol. The molecule has 2 rings (SSSR count). The van der Waals surface area contributed by atoms with Crippen LogP contribution in [0.5, 0.6) is 0 Å². The lowest BCUT2D eigenvalue weighted by atomic mass is 10.3. The van der Waals surface area contributed by atoms with Gasteiger partial charge >= 0.3 is 0 Å². The summed E-state index contributed by atoms with van der Waals surface area (Å²) in [5.41, 5.74) is 5.52. The van der Waals surface area contributed by atoms with E-state index < -0.39 is 0 Å². The van der Waals surface area contributed by atoms with Gasteiger partial charge < -0.3 is 20.8 Å². The maximum Gasteiger partial charge on any atom is 0.197 e. The van der Waals surface area contributed by atoms with Crippen LogP contribution in [0.3, 0.4) is 0 Å². The number of guanidine groups is 1. The van der Waals surface area contributed by atoms with Crippen molar-refractivity contribution in [2.45, 2.75) is 6.17 Å². The lowest BCUT2D eigenvalue weighted by Crippen LogP contribution is -2.49. The molecule has 0 fully saturated rings. The molecule has 1 aliphatic rings. The van der Waals surface area contributed by atoms with Gasteiger partial charge in [-0.3, -0.25) is 0 Å². The van der Waals surface area contributed by atoms with Crippen LogP contribution in [0.25, 0.3) is 0 Å². The number of nitrogens with zero attached hydrogens (tertiary/aromatic N) is 1. The summed E-state index contributed by atoms with van der Waals surface area (Å²) in [6, 6.07) is 3.58. The van der Waals surface area contributed by atoms with Gasteiger partial charge in [0.25, 0.3) is 0 Å². The minimum Gasteiger partial charge on any atom is -0.450 e. The van der Waals surface area contributed by atoms with Gasteiger partial charge in [-0.1, -0.05) is 0 Å². The Labute approximate surface area is 93.9 Å². The predicted molar refractivity (Wildman–Crippen MR) is 59.6 cm³/mol. The van der Waals surface area contributed by atoms with Gasteiger partial charge in [0.1, 0.15) is 5.76 Å². The van der Waals surface area contributed by atoms with Gasteiger partial charge in [-0.15, -0.1) is 0 Å².